The molecule has 0 spiro atoms. The van der Waals surface area contributed by atoms with E-state index in [9.17, 15) is 4.79 Å². The maximum atomic E-state index is 13.8. The van der Waals surface area contributed by atoms with Crippen LogP contribution in [0.15, 0.2) is 64.5 Å². The van der Waals surface area contributed by atoms with E-state index in [4.69, 9.17) is 23.9 Å². The zero-order valence-electron chi connectivity index (χ0n) is 19.7. The summed E-state index contributed by atoms with van der Waals surface area (Å²) >= 11 is 1.46. The van der Waals surface area contributed by atoms with Gasteiger partial charge in [-0.25, -0.2) is 4.98 Å². The summed E-state index contributed by atoms with van der Waals surface area (Å²) in [5.41, 5.74) is 3.03. The molecule has 34 heavy (non-hydrogen) atoms. The molecule has 1 heterocycles. The van der Waals surface area contributed by atoms with E-state index >= 15 is 0 Å². The molecule has 0 unspecified atom stereocenters. The van der Waals surface area contributed by atoms with Gasteiger partial charge in [0.05, 0.1) is 39.5 Å². The first-order valence-corrected chi connectivity index (χ1v) is 11.6. The summed E-state index contributed by atoms with van der Waals surface area (Å²) in [5, 5.41) is 0.915. The number of benzene rings is 3. The first kappa shape index (κ1) is 23.5. The van der Waals surface area contributed by atoms with Gasteiger partial charge in [-0.1, -0.05) is 36.0 Å². The number of ether oxygens (including phenoxy) is 4. The molecule has 0 N–H and O–H groups in total. The second-order valence-electron chi connectivity index (χ2n) is 7.56. The van der Waals surface area contributed by atoms with Crippen molar-refractivity contribution in [3.05, 3.63) is 76.1 Å². The van der Waals surface area contributed by atoms with E-state index in [1.807, 2.05) is 55.5 Å². The fourth-order valence-electron chi connectivity index (χ4n) is 3.77. The molecule has 4 rings (SSSR count). The Kier molecular flexibility index (Phi) is 6.98. The average molecular weight is 479 g/mol. The predicted octanol–water partition coefficient (Wildman–Crippen LogP) is 5.02. The predicted molar refractivity (Wildman–Crippen MR) is 134 cm³/mol. The lowest BCUT2D eigenvalue weighted by Crippen LogP contribution is -2.22. The van der Waals surface area contributed by atoms with Gasteiger partial charge < -0.3 is 18.9 Å². The van der Waals surface area contributed by atoms with Crippen molar-refractivity contribution in [3.63, 3.8) is 0 Å². The van der Waals surface area contributed by atoms with Gasteiger partial charge in [-0.3, -0.25) is 9.36 Å². The first-order valence-electron chi connectivity index (χ1n) is 10.6. The second-order valence-corrected chi connectivity index (χ2v) is 8.50. The normalized spacial score (nSPS) is 10.9. The van der Waals surface area contributed by atoms with Gasteiger partial charge in [-0.2, -0.15) is 0 Å². The highest BCUT2D eigenvalue weighted by atomic mass is 32.2. The van der Waals surface area contributed by atoms with Gasteiger partial charge in [0.15, 0.2) is 16.7 Å². The monoisotopic (exact) mass is 478 g/mol. The maximum Gasteiger partial charge on any atom is 0.266 e. The maximum absolute atomic E-state index is 13.8. The van der Waals surface area contributed by atoms with Crippen LogP contribution in [-0.2, 0) is 5.75 Å². The summed E-state index contributed by atoms with van der Waals surface area (Å²) < 4.78 is 23.6. The highest BCUT2D eigenvalue weighted by molar-refractivity contribution is 7.98. The van der Waals surface area contributed by atoms with E-state index in [0.29, 0.717) is 39.1 Å². The molecular formula is C26H26N2O5S. The van der Waals surface area contributed by atoms with E-state index in [1.54, 1.807) is 17.7 Å². The van der Waals surface area contributed by atoms with Crippen LogP contribution < -0.4 is 24.5 Å². The number of nitrogens with zero attached hydrogens (tertiary/aromatic N) is 2. The van der Waals surface area contributed by atoms with Crippen molar-refractivity contribution in [2.75, 3.05) is 28.4 Å². The van der Waals surface area contributed by atoms with Crippen LogP contribution in [0.2, 0.25) is 0 Å². The van der Waals surface area contributed by atoms with Crippen molar-refractivity contribution in [2.24, 2.45) is 0 Å². The lowest BCUT2D eigenvalue weighted by atomic mass is 10.2. The molecule has 0 aliphatic rings. The SMILES string of the molecule is COc1cccc(CSc2nc3c(OC)c(OC)c(OC)cc3c(=O)n2-c2cccc(C)c2)c1. The fraction of sp³-hybridized carbons (Fsp3) is 0.231. The molecule has 0 fully saturated rings. The summed E-state index contributed by atoms with van der Waals surface area (Å²) in [6.07, 6.45) is 0. The van der Waals surface area contributed by atoms with Crippen LogP contribution in [0.3, 0.4) is 0 Å². The summed E-state index contributed by atoms with van der Waals surface area (Å²) in [4.78, 5) is 18.7. The van der Waals surface area contributed by atoms with Crippen LogP contribution >= 0.6 is 11.8 Å². The van der Waals surface area contributed by atoms with Crippen molar-refractivity contribution < 1.29 is 18.9 Å². The van der Waals surface area contributed by atoms with Gasteiger partial charge in [0.1, 0.15) is 11.3 Å². The zero-order valence-corrected chi connectivity index (χ0v) is 20.6. The minimum atomic E-state index is -0.219. The quantitative estimate of drug-likeness (QED) is 0.260. The van der Waals surface area contributed by atoms with E-state index in [-0.39, 0.29) is 5.56 Å². The summed E-state index contributed by atoms with van der Waals surface area (Å²) in [5.74, 6) is 2.52. The van der Waals surface area contributed by atoms with Crippen LogP contribution in [0.4, 0.5) is 0 Å². The Morgan fingerprint density at radius 2 is 1.65 bits per heavy atom. The van der Waals surface area contributed by atoms with Gasteiger partial charge in [-0.05, 0) is 48.4 Å². The van der Waals surface area contributed by atoms with Gasteiger partial charge in [0.2, 0.25) is 5.75 Å². The van der Waals surface area contributed by atoms with Crippen molar-refractivity contribution in [1.29, 1.82) is 0 Å². The summed E-state index contributed by atoms with van der Waals surface area (Å²) in [7, 11) is 6.21. The number of fused-ring (bicyclic) bond motifs is 1. The minimum absolute atomic E-state index is 0.219. The van der Waals surface area contributed by atoms with Gasteiger partial charge >= 0.3 is 0 Å². The molecule has 7 nitrogen and oxygen atoms in total. The smallest absolute Gasteiger partial charge is 0.266 e. The Bertz CT molecular complexity index is 1400. The lowest BCUT2D eigenvalue weighted by Gasteiger charge is -2.18. The second kappa shape index (κ2) is 10.1. The molecule has 0 saturated heterocycles. The molecule has 0 atom stereocenters. The Hall–Kier alpha value is -3.65. The minimum Gasteiger partial charge on any atom is -0.497 e. The van der Waals surface area contributed by atoms with Crippen molar-refractivity contribution in [2.45, 2.75) is 17.8 Å². The number of rotatable bonds is 8. The molecule has 3 aromatic carbocycles. The molecule has 0 amide bonds. The number of aryl methyl sites for hydroxylation is 1. The summed E-state index contributed by atoms with van der Waals surface area (Å²) in [6.45, 7) is 1.99. The zero-order chi connectivity index (χ0) is 24.2. The lowest BCUT2D eigenvalue weighted by molar-refractivity contribution is 0.326. The Morgan fingerprint density at radius 3 is 2.32 bits per heavy atom. The molecule has 176 valence electrons. The van der Waals surface area contributed by atoms with E-state index in [0.717, 1.165) is 22.6 Å². The van der Waals surface area contributed by atoms with E-state index in [2.05, 4.69) is 0 Å². The number of methoxy groups -OCH3 is 4. The Morgan fingerprint density at radius 1 is 0.882 bits per heavy atom. The highest BCUT2D eigenvalue weighted by Crippen LogP contribution is 2.42. The molecular weight excluding hydrogens is 452 g/mol. The number of aromatic nitrogens is 2. The summed E-state index contributed by atoms with van der Waals surface area (Å²) in [6, 6.07) is 17.2. The van der Waals surface area contributed by atoms with Gasteiger partial charge in [0, 0.05) is 5.75 Å². The van der Waals surface area contributed by atoms with Crippen LogP contribution in [0.25, 0.3) is 16.6 Å². The van der Waals surface area contributed by atoms with Crippen LogP contribution in [0, 0.1) is 6.92 Å². The first-order chi connectivity index (χ1) is 16.5. The molecule has 1 aromatic heterocycles. The standard InChI is InChI=1S/C26H26N2O5S/c1-16-8-6-10-18(12-16)28-25(29)20-14-21(31-3)23(32-4)24(33-5)22(20)27-26(28)34-15-17-9-7-11-19(13-17)30-2/h6-14H,15H2,1-5H3. The molecule has 0 saturated carbocycles. The largest absolute Gasteiger partial charge is 0.497 e. The Labute approximate surface area is 202 Å². The molecule has 4 aromatic rings. The van der Waals surface area contributed by atoms with Gasteiger partial charge in [-0.15, -0.1) is 0 Å². The average Bonchev–Trinajstić information content (AvgIpc) is 2.86. The molecule has 0 radical (unpaired) electrons. The Balaban J connectivity index is 1.95. The molecule has 8 heteroatoms. The molecule has 0 aliphatic heterocycles. The van der Waals surface area contributed by atoms with Gasteiger partial charge in [0.25, 0.3) is 5.56 Å². The fourth-order valence-corrected chi connectivity index (χ4v) is 4.72. The van der Waals surface area contributed by atoms with Crippen molar-refractivity contribution >= 4 is 22.7 Å². The number of thioether (sulfide) groups is 1. The third-order valence-electron chi connectivity index (χ3n) is 5.40. The van der Waals surface area contributed by atoms with Crippen molar-refractivity contribution in [1.82, 2.24) is 9.55 Å². The third-order valence-corrected chi connectivity index (χ3v) is 6.41. The van der Waals surface area contributed by atoms with Crippen molar-refractivity contribution in [3.8, 4) is 28.7 Å². The molecule has 0 aliphatic carbocycles. The van der Waals surface area contributed by atoms with Crippen LogP contribution in [0.1, 0.15) is 11.1 Å². The third kappa shape index (κ3) is 4.41. The number of hydrogen-bond acceptors (Lipinski definition) is 7. The van der Waals surface area contributed by atoms with Crippen LogP contribution in [0.5, 0.6) is 23.0 Å². The number of hydrogen-bond donors (Lipinski definition) is 0. The molecule has 0 bridgehead atoms. The van der Waals surface area contributed by atoms with E-state index in [1.165, 1.54) is 33.1 Å². The topological polar surface area (TPSA) is 71.8 Å². The highest BCUT2D eigenvalue weighted by Gasteiger charge is 2.22. The van der Waals surface area contributed by atoms with Crippen LogP contribution in [-0.4, -0.2) is 38.0 Å². The van der Waals surface area contributed by atoms with E-state index < -0.39 is 0 Å².